The van der Waals surface area contributed by atoms with Crippen molar-refractivity contribution in [3.8, 4) is 0 Å². The van der Waals surface area contributed by atoms with Crippen LogP contribution in [0.5, 0.6) is 0 Å². The lowest BCUT2D eigenvalue weighted by molar-refractivity contribution is 0.0269. The van der Waals surface area contributed by atoms with Crippen molar-refractivity contribution in [1.29, 1.82) is 0 Å². The van der Waals surface area contributed by atoms with Gasteiger partial charge in [-0.3, -0.25) is 0 Å². The second kappa shape index (κ2) is 4.98. The molecule has 0 N–H and O–H groups in total. The minimum Gasteiger partial charge on any atom is -0.444 e. The van der Waals surface area contributed by atoms with Crippen molar-refractivity contribution in [2.45, 2.75) is 37.7 Å². The highest BCUT2D eigenvalue weighted by molar-refractivity contribution is 7.89. The fourth-order valence-corrected chi connectivity index (χ4v) is 4.25. The van der Waals surface area contributed by atoms with Crippen LogP contribution >= 0.6 is 0 Å². The van der Waals surface area contributed by atoms with Gasteiger partial charge in [-0.25, -0.2) is 9.00 Å². The van der Waals surface area contributed by atoms with Gasteiger partial charge in [0.25, 0.3) is 0 Å². The van der Waals surface area contributed by atoms with E-state index in [1.807, 2.05) is 45.0 Å². The van der Waals surface area contributed by atoms with Gasteiger partial charge in [0.2, 0.25) is 0 Å². The van der Waals surface area contributed by atoms with Gasteiger partial charge in [0.15, 0.2) is 0 Å². The average molecular weight is 305 g/mol. The summed E-state index contributed by atoms with van der Waals surface area (Å²) in [5.74, 6) is 0. The molecule has 0 aromatic heterocycles. The monoisotopic (exact) mass is 305 g/mol. The fourth-order valence-electron chi connectivity index (χ4n) is 2.68. The maximum Gasteiger partial charge on any atom is 0.410 e. The van der Waals surface area contributed by atoms with Crippen LogP contribution in [0.4, 0.5) is 4.79 Å². The van der Waals surface area contributed by atoms with Crippen molar-refractivity contribution in [3.05, 3.63) is 34.7 Å². The van der Waals surface area contributed by atoms with Gasteiger partial charge in [-0.2, -0.15) is 0 Å². The second-order valence-electron chi connectivity index (χ2n) is 6.32. The number of ether oxygens (including phenoxy) is 1. The summed E-state index contributed by atoms with van der Waals surface area (Å²) in [6.45, 7) is 6.56. The molecule has 3 rings (SSSR count). The number of rotatable bonds is 0. The average Bonchev–Trinajstić information content (AvgIpc) is 2.71. The molecule has 1 amide bonds. The molecule has 1 aromatic rings. The topological polar surface area (TPSA) is 46.6 Å². The van der Waals surface area contributed by atoms with Gasteiger partial charge in [-0.15, -0.1) is 0 Å². The third kappa shape index (κ3) is 2.62. The summed E-state index contributed by atoms with van der Waals surface area (Å²) in [5, 5.41) is 0. The Morgan fingerprint density at radius 3 is 2.71 bits per heavy atom. The van der Waals surface area contributed by atoms with E-state index in [2.05, 4.69) is 0 Å². The number of nitrogens with zero attached hydrogens (tertiary/aromatic N) is 1. The maximum absolute atomic E-state index is 12.6. The van der Waals surface area contributed by atoms with Crippen LogP contribution < -0.4 is 0 Å². The van der Waals surface area contributed by atoms with Gasteiger partial charge in [0.05, 0.1) is 22.2 Å². The first-order valence-electron chi connectivity index (χ1n) is 7.08. The van der Waals surface area contributed by atoms with E-state index in [1.165, 1.54) is 0 Å². The Kier molecular flexibility index (Phi) is 3.40. The lowest BCUT2D eigenvalue weighted by Gasteiger charge is -2.30. The predicted molar refractivity (Wildman–Crippen MR) is 82.2 cm³/mol. The molecule has 2 aliphatic rings. The minimum atomic E-state index is -1.14. The van der Waals surface area contributed by atoms with E-state index in [0.717, 1.165) is 27.4 Å². The van der Waals surface area contributed by atoms with Crippen molar-refractivity contribution < 1.29 is 13.7 Å². The summed E-state index contributed by atoms with van der Waals surface area (Å²) < 4.78 is 18.0. The van der Waals surface area contributed by atoms with Crippen LogP contribution in [0.3, 0.4) is 0 Å². The van der Waals surface area contributed by atoms with Crippen molar-refractivity contribution in [2.24, 2.45) is 0 Å². The van der Waals surface area contributed by atoms with Crippen LogP contribution in [0.15, 0.2) is 34.1 Å². The summed E-state index contributed by atoms with van der Waals surface area (Å²) in [7, 11) is -1.14. The van der Waals surface area contributed by atoms with Crippen LogP contribution in [0.2, 0.25) is 0 Å². The molecule has 0 saturated carbocycles. The Hall–Kier alpha value is -1.62. The number of carbonyl (C=O) groups is 1. The lowest BCUT2D eigenvalue weighted by Crippen LogP contribution is -2.40. The zero-order valence-electron chi connectivity index (χ0n) is 12.5. The molecule has 0 spiro atoms. The maximum atomic E-state index is 12.6. The van der Waals surface area contributed by atoms with E-state index >= 15 is 0 Å². The van der Waals surface area contributed by atoms with Gasteiger partial charge < -0.3 is 9.64 Å². The number of carbonyl (C=O) groups excluding carboxylic acids is 1. The van der Waals surface area contributed by atoms with Crippen LogP contribution in [0.1, 0.15) is 32.8 Å². The Balaban J connectivity index is 1.83. The van der Waals surface area contributed by atoms with E-state index in [4.69, 9.17) is 4.74 Å². The highest BCUT2D eigenvalue weighted by atomic mass is 32.2. The molecule has 0 radical (unpaired) electrons. The molecule has 21 heavy (non-hydrogen) atoms. The largest absolute Gasteiger partial charge is 0.444 e. The smallest absolute Gasteiger partial charge is 0.410 e. The van der Waals surface area contributed by atoms with Crippen LogP contribution in [0.25, 0.3) is 5.57 Å². The molecule has 1 unspecified atom stereocenters. The van der Waals surface area contributed by atoms with E-state index in [0.29, 0.717) is 13.1 Å². The molecule has 112 valence electrons. The summed E-state index contributed by atoms with van der Waals surface area (Å²) in [5.41, 5.74) is 1.71. The van der Waals surface area contributed by atoms with Crippen molar-refractivity contribution in [1.82, 2.24) is 4.90 Å². The molecule has 5 heteroatoms. The van der Waals surface area contributed by atoms with Gasteiger partial charge in [0, 0.05) is 11.4 Å². The van der Waals surface area contributed by atoms with Gasteiger partial charge >= 0.3 is 6.09 Å². The van der Waals surface area contributed by atoms with E-state index in [-0.39, 0.29) is 6.09 Å². The van der Waals surface area contributed by atoms with Gasteiger partial charge in [-0.1, -0.05) is 18.2 Å². The van der Waals surface area contributed by atoms with Gasteiger partial charge in [-0.05, 0) is 44.4 Å². The molecule has 1 atom stereocenters. The van der Waals surface area contributed by atoms with Crippen molar-refractivity contribution >= 4 is 22.5 Å². The molecule has 4 nitrogen and oxygen atoms in total. The Bertz CT molecular complexity index is 658. The minimum absolute atomic E-state index is 0.331. The molecule has 0 aliphatic carbocycles. The number of fused-ring (bicyclic) bond motifs is 2. The van der Waals surface area contributed by atoms with Crippen LogP contribution in [-0.4, -0.2) is 33.9 Å². The first-order chi connectivity index (χ1) is 9.87. The zero-order valence-corrected chi connectivity index (χ0v) is 13.3. The molecular weight excluding hydrogens is 286 g/mol. The Morgan fingerprint density at radius 2 is 2.00 bits per heavy atom. The predicted octanol–water partition coefficient (Wildman–Crippen LogP) is 3.16. The van der Waals surface area contributed by atoms with E-state index in [1.54, 1.807) is 4.90 Å². The Morgan fingerprint density at radius 1 is 1.29 bits per heavy atom. The number of hydrogen-bond acceptors (Lipinski definition) is 3. The number of amides is 1. The molecule has 1 aromatic carbocycles. The molecule has 0 saturated heterocycles. The highest BCUT2D eigenvalue weighted by Crippen LogP contribution is 2.40. The van der Waals surface area contributed by atoms with Crippen LogP contribution in [0, 0.1) is 0 Å². The summed E-state index contributed by atoms with van der Waals surface area (Å²) in [6, 6.07) is 7.79. The number of benzene rings is 1. The van der Waals surface area contributed by atoms with Crippen molar-refractivity contribution in [2.75, 3.05) is 13.1 Å². The zero-order chi connectivity index (χ0) is 15.2. The highest BCUT2D eigenvalue weighted by Gasteiger charge is 2.35. The summed E-state index contributed by atoms with van der Waals surface area (Å²) in [4.78, 5) is 15.5. The Labute approximate surface area is 127 Å². The summed E-state index contributed by atoms with van der Waals surface area (Å²) in [6.07, 6.45) is 0.402. The van der Waals surface area contributed by atoms with E-state index in [9.17, 15) is 9.00 Å². The van der Waals surface area contributed by atoms with E-state index < -0.39 is 16.4 Å². The third-order valence-corrected chi connectivity index (χ3v) is 5.17. The fraction of sp³-hybridized carbons (Fsp3) is 0.438. The lowest BCUT2D eigenvalue weighted by atomic mass is 10.00. The second-order valence-corrected chi connectivity index (χ2v) is 7.79. The SMILES string of the molecule is CC(C)(C)OC(=O)N1CCC2=C(C1)S(=O)c1ccccc12. The molecule has 2 heterocycles. The normalized spacial score (nSPS) is 21.1. The molecule has 0 bridgehead atoms. The standard InChI is InChI=1S/C16H19NO3S/c1-16(2,3)20-15(18)17-9-8-12-11-6-4-5-7-13(11)21(19)14(12)10-17/h4-7H,8-10H2,1-3H3. The first kappa shape index (κ1) is 14.3. The summed E-state index contributed by atoms with van der Waals surface area (Å²) >= 11 is 0. The molecule has 0 fully saturated rings. The van der Waals surface area contributed by atoms with Gasteiger partial charge in [0.1, 0.15) is 5.60 Å². The number of hydrogen-bond donors (Lipinski definition) is 0. The third-order valence-electron chi connectivity index (χ3n) is 3.59. The molecule has 2 aliphatic heterocycles. The first-order valence-corrected chi connectivity index (χ1v) is 8.23. The quantitative estimate of drug-likeness (QED) is 0.739. The van der Waals surface area contributed by atoms with Crippen LogP contribution in [-0.2, 0) is 15.5 Å². The van der Waals surface area contributed by atoms with Crippen molar-refractivity contribution in [3.63, 3.8) is 0 Å². The molecular formula is C16H19NO3S.